The van der Waals surface area contributed by atoms with Gasteiger partial charge >= 0.3 is 12.1 Å². The highest BCUT2D eigenvalue weighted by Gasteiger charge is 2.43. The summed E-state index contributed by atoms with van der Waals surface area (Å²) in [7, 11) is 2.65. The molecule has 2 aromatic rings. The first kappa shape index (κ1) is 19.8. The molecule has 0 spiro atoms. The number of halogens is 3. The highest BCUT2D eigenvalue weighted by molar-refractivity contribution is 6.08. The third-order valence-electron chi connectivity index (χ3n) is 4.32. The van der Waals surface area contributed by atoms with E-state index in [0.29, 0.717) is 19.5 Å². The average molecular weight is 401 g/mol. The number of alkyl halides is 3. The van der Waals surface area contributed by atoms with Crippen LogP contribution in [0, 0.1) is 0 Å². The quantitative estimate of drug-likeness (QED) is 0.660. The highest BCUT2D eigenvalue weighted by atomic mass is 19.4. The van der Waals surface area contributed by atoms with Crippen molar-refractivity contribution in [1.29, 1.82) is 0 Å². The number of rotatable bonds is 5. The first-order valence-electron chi connectivity index (χ1n) is 8.33. The number of hydrogen-bond donors (Lipinski definition) is 3. The minimum atomic E-state index is -5.24. The summed E-state index contributed by atoms with van der Waals surface area (Å²) < 4.78 is 53.3. The molecule has 3 rings (SSSR count). The van der Waals surface area contributed by atoms with Crippen molar-refractivity contribution in [2.75, 3.05) is 27.3 Å². The summed E-state index contributed by atoms with van der Waals surface area (Å²) in [4.78, 5) is 26.9. The zero-order valence-electron chi connectivity index (χ0n) is 15.0. The van der Waals surface area contributed by atoms with Crippen LogP contribution in [-0.4, -0.2) is 56.4 Å². The third kappa shape index (κ3) is 3.70. The van der Waals surface area contributed by atoms with Crippen LogP contribution in [-0.2, 0) is 4.79 Å². The molecule has 0 saturated carbocycles. The van der Waals surface area contributed by atoms with Crippen molar-refractivity contribution in [2.45, 2.75) is 18.6 Å². The Kier molecular flexibility index (Phi) is 5.36. The van der Waals surface area contributed by atoms with Gasteiger partial charge in [0.2, 0.25) is 0 Å². The Morgan fingerprint density at radius 3 is 2.43 bits per heavy atom. The number of H-pyrrole nitrogens is 1. The van der Waals surface area contributed by atoms with Gasteiger partial charge < -0.3 is 29.8 Å². The average Bonchev–Trinajstić information content (AvgIpc) is 3.28. The Hall–Kier alpha value is -2.95. The van der Waals surface area contributed by atoms with Gasteiger partial charge in [-0.2, -0.15) is 13.2 Å². The number of benzene rings is 1. The topological polar surface area (TPSA) is 102 Å². The summed E-state index contributed by atoms with van der Waals surface area (Å²) in [5, 5.41) is 5.75. The van der Waals surface area contributed by atoms with E-state index in [1.54, 1.807) is 0 Å². The highest BCUT2D eigenvalue weighted by Crippen LogP contribution is 2.42. The number of esters is 1. The van der Waals surface area contributed by atoms with E-state index in [1.165, 1.54) is 26.4 Å². The fraction of sp³-hybridized carbons (Fsp3) is 0.412. The molecule has 1 aliphatic rings. The number of ether oxygens (including phenoxy) is 3. The fourth-order valence-electron chi connectivity index (χ4n) is 3.01. The lowest BCUT2D eigenvalue weighted by Crippen LogP contribution is -2.37. The number of hydrogen-bond acceptors (Lipinski definition) is 6. The van der Waals surface area contributed by atoms with Crippen molar-refractivity contribution in [3.05, 3.63) is 17.8 Å². The Bertz CT molecular complexity index is 904. The van der Waals surface area contributed by atoms with Crippen LogP contribution in [0.2, 0.25) is 0 Å². The van der Waals surface area contributed by atoms with Crippen molar-refractivity contribution in [3.8, 4) is 17.2 Å². The number of aromatic amines is 1. The number of carbonyl (C=O) groups is 2. The zero-order valence-corrected chi connectivity index (χ0v) is 15.0. The number of aromatic nitrogens is 1. The molecule has 3 N–H and O–H groups in total. The van der Waals surface area contributed by atoms with Crippen molar-refractivity contribution >= 4 is 22.8 Å². The third-order valence-corrected chi connectivity index (χ3v) is 4.32. The SMILES string of the molecule is COc1ccc(OC)c2c(OC(=O)C(F)(F)F)c(C(=O)NC3CCNC3)[nH]c12. The maximum Gasteiger partial charge on any atom is 0.491 e. The van der Waals surface area contributed by atoms with Gasteiger partial charge in [-0.05, 0) is 25.1 Å². The lowest BCUT2D eigenvalue weighted by atomic mass is 10.2. The molecule has 8 nitrogen and oxygen atoms in total. The number of methoxy groups -OCH3 is 2. The standard InChI is InChI=1S/C17H18F3N3O5/c1-26-9-3-4-10(27-2)12-11(9)14(28-16(25)17(18,19)20)13(23-12)15(24)22-8-5-6-21-7-8/h3-4,8,21,23H,5-7H2,1-2H3,(H,22,24). The van der Waals surface area contributed by atoms with E-state index < -0.39 is 23.8 Å². The van der Waals surface area contributed by atoms with Crippen molar-refractivity contribution < 1.29 is 37.0 Å². The Balaban J connectivity index is 2.13. The molecule has 1 aromatic heterocycles. The minimum Gasteiger partial charge on any atom is -0.496 e. The lowest BCUT2D eigenvalue weighted by Gasteiger charge is -2.12. The zero-order chi connectivity index (χ0) is 20.5. The lowest BCUT2D eigenvalue weighted by molar-refractivity contribution is -0.189. The molecule has 1 amide bonds. The smallest absolute Gasteiger partial charge is 0.491 e. The summed E-state index contributed by atoms with van der Waals surface area (Å²) in [5.41, 5.74) is -0.163. The second-order valence-corrected chi connectivity index (χ2v) is 6.10. The molecule has 0 bridgehead atoms. The molecule has 2 heterocycles. The van der Waals surface area contributed by atoms with E-state index in [4.69, 9.17) is 9.47 Å². The Morgan fingerprint density at radius 2 is 1.86 bits per heavy atom. The molecular weight excluding hydrogens is 383 g/mol. The number of nitrogens with one attached hydrogen (secondary N) is 3. The van der Waals surface area contributed by atoms with Gasteiger partial charge in [-0.1, -0.05) is 0 Å². The largest absolute Gasteiger partial charge is 0.496 e. The Labute approximate surface area is 157 Å². The maximum atomic E-state index is 12.8. The summed E-state index contributed by atoms with van der Waals surface area (Å²) in [6.45, 7) is 1.23. The van der Waals surface area contributed by atoms with Crippen LogP contribution in [0.25, 0.3) is 10.9 Å². The van der Waals surface area contributed by atoms with Gasteiger partial charge in [0.1, 0.15) is 17.2 Å². The van der Waals surface area contributed by atoms with Gasteiger partial charge in [0, 0.05) is 12.6 Å². The molecular formula is C17H18F3N3O5. The van der Waals surface area contributed by atoms with E-state index in [1.807, 2.05) is 0 Å². The molecule has 0 aliphatic carbocycles. The van der Waals surface area contributed by atoms with Crippen LogP contribution in [0.3, 0.4) is 0 Å². The van der Waals surface area contributed by atoms with Crippen LogP contribution in [0.4, 0.5) is 13.2 Å². The summed E-state index contributed by atoms with van der Waals surface area (Å²) in [6.07, 6.45) is -4.57. The minimum absolute atomic E-state index is 0.00542. The van der Waals surface area contributed by atoms with E-state index in [-0.39, 0.29) is 34.1 Å². The molecule has 1 saturated heterocycles. The molecule has 1 fully saturated rings. The van der Waals surface area contributed by atoms with Crippen LogP contribution in [0.1, 0.15) is 16.9 Å². The molecule has 1 aliphatic heterocycles. The van der Waals surface area contributed by atoms with Gasteiger partial charge in [-0.15, -0.1) is 0 Å². The molecule has 1 atom stereocenters. The molecule has 1 aromatic carbocycles. The number of amides is 1. The summed E-state index contributed by atoms with van der Waals surface area (Å²) in [6, 6.07) is 2.74. The van der Waals surface area contributed by atoms with Crippen molar-refractivity contribution in [1.82, 2.24) is 15.6 Å². The summed E-state index contributed by atoms with van der Waals surface area (Å²) in [5.74, 6) is -3.38. The molecule has 28 heavy (non-hydrogen) atoms. The van der Waals surface area contributed by atoms with Crippen molar-refractivity contribution in [3.63, 3.8) is 0 Å². The van der Waals surface area contributed by atoms with Gasteiger partial charge in [-0.25, -0.2) is 4.79 Å². The van der Waals surface area contributed by atoms with Gasteiger partial charge in [0.25, 0.3) is 5.91 Å². The number of carbonyl (C=O) groups excluding carboxylic acids is 2. The predicted molar refractivity (Wildman–Crippen MR) is 91.8 cm³/mol. The molecule has 11 heteroatoms. The molecule has 152 valence electrons. The van der Waals surface area contributed by atoms with Gasteiger partial charge in [0.15, 0.2) is 5.75 Å². The monoisotopic (exact) mass is 401 g/mol. The van der Waals surface area contributed by atoms with E-state index >= 15 is 0 Å². The van der Waals surface area contributed by atoms with E-state index in [2.05, 4.69) is 20.4 Å². The number of fused-ring (bicyclic) bond motifs is 1. The van der Waals surface area contributed by atoms with E-state index in [9.17, 15) is 22.8 Å². The normalized spacial score (nSPS) is 16.8. The molecule has 1 unspecified atom stereocenters. The van der Waals surface area contributed by atoms with Crippen LogP contribution in [0.5, 0.6) is 17.2 Å². The van der Waals surface area contributed by atoms with Gasteiger partial charge in [-0.3, -0.25) is 4.79 Å². The van der Waals surface area contributed by atoms with Crippen LogP contribution < -0.4 is 24.8 Å². The maximum absolute atomic E-state index is 12.8. The predicted octanol–water partition coefficient (Wildman–Crippen LogP) is 1.74. The van der Waals surface area contributed by atoms with Crippen LogP contribution >= 0.6 is 0 Å². The second-order valence-electron chi connectivity index (χ2n) is 6.10. The van der Waals surface area contributed by atoms with E-state index in [0.717, 1.165) is 0 Å². The summed E-state index contributed by atoms with van der Waals surface area (Å²) >= 11 is 0. The Morgan fingerprint density at radius 1 is 1.18 bits per heavy atom. The first-order chi connectivity index (χ1) is 13.3. The van der Waals surface area contributed by atoms with Crippen molar-refractivity contribution in [2.24, 2.45) is 0 Å². The molecule has 0 radical (unpaired) electrons. The fourth-order valence-corrected chi connectivity index (χ4v) is 3.01. The second kappa shape index (κ2) is 7.58. The van der Waals surface area contributed by atoms with Gasteiger partial charge in [0.05, 0.1) is 25.1 Å². The van der Waals surface area contributed by atoms with Crippen LogP contribution in [0.15, 0.2) is 12.1 Å². The first-order valence-corrected chi connectivity index (χ1v) is 8.33.